The fourth-order valence-corrected chi connectivity index (χ4v) is 3.78. The summed E-state index contributed by atoms with van der Waals surface area (Å²) < 4.78 is 49.7. The van der Waals surface area contributed by atoms with E-state index in [-0.39, 0.29) is 12.8 Å². The molecule has 2 aromatic carbocycles. The maximum atomic E-state index is 13.0. The number of benzene rings is 2. The summed E-state index contributed by atoms with van der Waals surface area (Å²) in [6, 6.07) is 9.27. The molecule has 2 heterocycles. The van der Waals surface area contributed by atoms with E-state index in [0.29, 0.717) is 36.0 Å². The zero-order chi connectivity index (χ0) is 19.9. The zero-order valence-corrected chi connectivity index (χ0v) is 15.5. The van der Waals surface area contributed by atoms with Crippen LogP contribution >= 0.6 is 0 Å². The quantitative estimate of drug-likeness (QED) is 0.802. The van der Waals surface area contributed by atoms with Crippen LogP contribution in [0, 0.1) is 0 Å². The summed E-state index contributed by atoms with van der Waals surface area (Å²) in [5.74, 6) is 1.35. The highest BCUT2D eigenvalue weighted by Gasteiger charge is 2.31. The van der Waals surface area contributed by atoms with Crippen molar-refractivity contribution < 1.29 is 22.6 Å². The number of nitrogens with zero attached hydrogens (tertiary/aromatic N) is 2. The summed E-state index contributed by atoms with van der Waals surface area (Å²) in [5.41, 5.74) is 7.80. The number of halogens is 3. The van der Waals surface area contributed by atoms with E-state index in [9.17, 15) is 13.2 Å². The first-order chi connectivity index (χ1) is 13.3. The number of alkyl halides is 3. The standard InChI is InChI=1S/C20H22F3N3O2/c1-13(16-10-18-19(11-17(16)24)28-12-27-18)25-5-7-26(8-6-25)15-4-2-3-14(9-15)20(21,22)23/h2-4,9-11,13H,5-8,12,24H2,1H3. The van der Waals surface area contributed by atoms with Crippen molar-refractivity contribution in [3.05, 3.63) is 47.5 Å². The van der Waals surface area contributed by atoms with Crippen molar-refractivity contribution in [3.63, 3.8) is 0 Å². The highest BCUT2D eigenvalue weighted by atomic mass is 19.4. The third-order valence-corrected chi connectivity index (χ3v) is 5.43. The molecular formula is C20H22F3N3O2. The number of anilines is 2. The Balaban J connectivity index is 1.45. The monoisotopic (exact) mass is 393 g/mol. The third-order valence-electron chi connectivity index (χ3n) is 5.43. The molecule has 28 heavy (non-hydrogen) atoms. The van der Waals surface area contributed by atoms with Crippen molar-refractivity contribution in [2.45, 2.75) is 19.1 Å². The second-order valence-corrected chi connectivity index (χ2v) is 7.08. The van der Waals surface area contributed by atoms with Crippen LogP contribution in [0.1, 0.15) is 24.1 Å². The first kappa shape index (κ1) is 18.7. The van der Waals surface area contributed by atoms with Gasteiger partial charge in [0.2, 0.25) is 6.79 Å². The summed E-state index contributed by atoms with van der Waals surface area (Å²) in [5, 5.41) is 0. The molecule has 0 bridgehead atoms. The normalized spacial score (nSPS) is 18.4. The van der Waals surface area contributed by atoms with E-state index in [0.717, 1.165) is 24.7 Å². The van der Waals surface area contributed by atoms with E-state index in [2.05, 4.69) is 11.8 Å². The van der Waals surface area contributed by atoms with Gasteiger partial charge in [-0.15, -0.1) is 0 Å². The predicted molar refractivity (Wildman–Crippen MR) is 101 cm³/mol. The average Bonchev–Trinajstić information content (AvgIpc) is 3.13. The van der Waals surface area contributed by atoms with Crippen LogP contribution in [-0.4, -0.2) is 37.9 Å². The van der Waals surface area contributed by atoms with Gasteiger partial charge in [-0.2, -0.15) is 13.2 Å². The van der Waals surface area contributed by atoms with E-state index in [4.69, 9.17) is 15.2 Å². The van der Waals surface area contributed by atoms with Crippen molar-refractivity contribution in [1.82, 2.24) is 4.90 Å². The predicted octanol–water partition coefficient (Wildman–Crippen LogP) is 3.90. The topological polar surface area (TPSA) is 51.0 Å². The van der Waals surface area contributed by atoms with E-state index in [1.54, 1.807) is 12.1 Å². The maximum absolute atomic E-state index is 13.0. The average molecular weight is 393 g/mol. The van der Waals surface area contributed by atoms with Gasteiger partial charge in [0, 0.05) is 49.7 Å². The van der Waals surface area contributed by atoms with Gasteiger partial charge >= 0.3 is 6.18 Å². The fraction of sp³-hybridized carbons (Fsp3) is 0.400. The molecule has 2 aromatic rings. The Bertz CT molecular complexity index is 864. The van der Waals surface area contributed by atoms with Gasteiger partial charge in [0.15, 0.2) is 11.5 Å². The van der Waals surface area contributed by atoms with Gasteiger partial charge in [0.1, 0.15) is 0 Å². The van der Waals surface area contributed by atoms with Crippen molar-refractivity contribution >= 4 is 11.4 Å². The van der Waals surface area contributed by atoms with Crippen LogP contribution in [0.2, 0.25) is 0 Å². The Morgan fingerprint density at radius 1 is 1.00 bits per heavy atom. The summed E-state index contributed by atoms with van der Waals surface area (Å²) in [7, 11) is 0. The number of piperazine rings is 1. The molecule has 0 saturated carbocycles. The lowest BCUT2D eigenvalue weighted by Crippen LogP contribution is -2.47. The lowest BCUT2D eigenvalue weighted by atomic mass is 10.0. The van der Waals surface area contributed by atoms with Crippen LogP contribution < -0.4 is 20.1 Å². The molecule has 8 heteroatoms. The minimum Gasteiger partial charge on any atom is -0.454 e. The molecule has 150 valence electrons. The number of hydrogen-bond donors (Lipinski definition) is 1. The van der Waals surface area contributed by atoms with Gasteiger partial charge in [-0.25, -0.2) is 0 Å². The second kappa shape index (κ2) is 7.09. The maximum Gasteiger partial charge on any atom is 0.416 e. The molecular weight excluding hydrogens is 371 g/mol. The van der Waals surface area contributed by atoms with Crippen molar-refractivity contribution in [2.75, 3.05) is 43.6 Å². The number of hydrogen-bond acceptors (Lipinski definition) is 5. The number of ether oxygens (including phenoxy) is 2. The molecule has 2 aliphatic rings. The van der Waals surface area contributed by atoms with Crippen LogP contribution in [0.15, 0.2) is 36.4 Å². The minimum absolute atomic E-state index is 0.0677. The molecule has 2 aliphatic heterocycles. The lowest BCUT2D eigenvalue weighted by molar-refractivity contribution is -0.137. The van der Waals surface area contributed by atoms with Gasteiger partial charge in [0.05, 0.1) is 5.56 Å². The minimum atomic E-state index is -4.33. The van der Waals surface area contributed by atoms with Crippen molar-refractivity contribution in [3.8, 4) is 11.5 Å². The highest BCUT2D eigenvalue weighted by molar-refractivity contribution is 5.59. The Labute approximate surface area is 161 Å². The van der Waals surface area contributed by atoms with Gasteiger partial charge in [-0.3, -0.25) is 4.90 Å². The number of nitrogen functional groups attached to an aromatic ring is 1. The molecule has 2 N–H and O–H groups in total. The molecule has 0 spiro atoms. The third kappa shape index (κ3) is 3.56. The molecule has 4 rings (SSSR count). The Morgan fingerprint density at radius 2 is 1.68 bits per heavy atom. The number of fused-ring (bicyclic) bond motifs is 1. The van der Waals surface area contributed by atoms with Crippen LogP contribution in [0.25, 0.3) is 0 Å². The van der Waals surface area contributed by atoms with E-state index >= 15 is 0 Å². The van der Waals surface area contributed by atoms with Crippen molar-refractivity contribution in [2.24, 2.45) is 0 Å². The van der Waals surface area contributed by atoms with Crippen LogP contribution in [-0.2, 0) is 6.18 Å². The van der Waals surface area contributed by atoms with Crippen LogP contribution in [0.5, 0.6) is 11.5 Å². The number of nitrogens with two attached hydrogens (primary N) is 1. The van der Waals surface area contributed by atoms with E-state index < -0.39 is 11.7 Å². The molecule has 0 amide bonds. The molecule has 0 radical (unpaired) electrons. The fourth-order valence-electron chi connectivity index (χ4n) is 3.78. The zero-order valence-electron chi connectivity index (χ0n) is 15.5. The van der Waals surface area contributed by atoms with Gasteiger partial charge < -0.3 is 20.1 Å². The Morgan fingerprint density at radius 3 is 2.36 bits per heavy atom. The smallest absolute Gasteiger partial charge is 0.416 e. The van der Waals surface area contributed by atoms with Gasteiger partial charge in [-0.05, 0) is 36.8 Å². The molecule has 1 atom stereocenters. The Kier molecular flexibility index (Phi) is 4.74. The van der Waals surface area contributed by atoms with E-state index in [1.807, 2.05) is 11.0 Å². The molecule has 1 unspecified atom stereocenters. The molecule has 5 nitrogen and oxygen atoms in total. The molecule has 0 aliphatic carbocycles. The van der Waals surface area contributed by atoms with E-state index in [1.165, 1.54) is 12.1 Å². The van der Waals surface area contributed by atoms with Gasteiger partial charge in [-0.1, -0.05) is 6.07 Å². The SMILES string of the molecule is CC(c1cc2c(cc1N)OCO2)N1CCN(c2cccc(C(F)(F)F)c2)CC1. The van der Waals surface area contributed by atoms with Crippen molar-refractivity contribution in [1.29, 1.82) is 0 Å². The Hall–Kier alpha value is -2.61. The van der Waals surface area contributed by atoms with Crippen LogP contribution in [0.3, 0.4) is 0 Å². The van der Waals surface area contributed by atoms with Crippen LogP contribution in [0.4, 0.5) is 24.5 Å². The molecule has 1 fully saturated rings. The summed E-state index contributed by atoms with van der Waals surface area (Å²) in [6.45, 7) is 5.03. The highest BCUT2D eigenvalue weighted by Crippen LogP contribution is 2.39. The number of rotatable bonds is 3. The summed E-state index contributed by atoms with van der Waals surface area (Å²) >= 11 is 0. The second-order valence-electron chi connectivity index (χ2n) is 7.08. The van der Waals surface area contributed by atoms with Gasteiger partial charge in [0.25, 0.3) is 0 Å². The molecule has 1 saturated heterocycles. The first-order valence-electron chi connectivity index (χ1n) is 9.18. The molecule has 0 aromatic heterocycles. The lowest BCUT2D eigenvalue weighted by Gasteiger charge is -2.39. The largest absolute Gasteiger partial charge is 0.454 e. The summed E-state index contributed by atoms with van der Waals surface area (Å²) in [4.78, 5) is 4.26. The summed E-state index contributed by atoms with van der Waals surface area (Å²) in [6.07, 6.45) is -4.33. The first-order valence-corrected chi connectivity index (χ1v) is 9.18.